The fourth-order valence-electron chi connectivity index (χ4n) is 2.58. The van der Waals surface area contributed by atoms with Crippen LogP contribution < -0.4 is 5.73 Å². The topological polar surface area (TPSA) is 92.6 Å². The number of nitrogens with zero attached hydrogens (tertiary/aromatic N) is 2. The number of hydrogen-bond acceptors (Lipinski definition) is 5. The van der Waals surface area contributed by atoms with Gasteiger partial charge in [-0.15, -0.1) is 0 Å². The van der Waals surface area contributed by atoms with Gasteiger partial charge in [0, 0.05) is 25.8 Å². The first kappa shape index (κ1) is 13.8. The normalized spacial score (nSPS) is 20.4. The number of para-hydroxylation sites is 1. The van der Waals surface area contributed by atoms with Crippen LogP contribution in [0.2, 0.25) is 0 Å². The number of nitrogen functional groups attached to an aromatic ring is 1. The molecule has 0 radical (unpaired) electrons. The first-order chi connectivity index (χ1) is 9.11. The molecule has 0 aromatic heterocycles. The third kappa shape index (κ3) is 3.21. The lowest BCUT2D eigenvalue weighted by atomic mass is 9.98. The van der Waals surface area contributed by atoms with Crippen molar-refractivity contribution in [1.82, 2.24) is 4.90 Å². The van der Waals surface area contributed by atoms with Crippen molar-refractivity contribution in [2.75, 3.05) is 25.4 Å². The van der Waals surface area contributed by atoms with Crippen LogP contribution in [0.3, 0.4) is 0 Å². The van der Waals surface area contributed by atoms with Gasteiger partial charge in [0.1, 0.15) is 5.69 Å². The highest BCUT2D eigenvalue weighted by Gasteiger charge is 2.21. The number of benzene rings is 1. The molecule has 1 aromatic carbocycles. The third-order valence-corrected chi connectivity index (χ3v) is 3.63. The molecule has 104 valence electrons. The van der Waals surface area contributed by atoms with Gasteiger partial charge in [-0.1, -0.05) is 12.1 Å². The smallest absolute Gasteiger partial charge is 0.292 e. The van der Waals surface area contributed by atoms with Gasteiger partial charge in [-0.2, -0.15) is 0 Å². The predicted octanol–water partition coefficient (Wildman–Crippen LogP) is 1.38. The number of anilines is 1. The van der Waals surface area contributed by atoms with Crippen molar-refractivity contribution in [1.29, 1.82) is 0 Å². The third-order valence-electron chi connectivity index (χ3n) is 3.63. The number of nitro benzene ring substituents is 1. The number of rotatable bonds is 4. The van der Waals surface area contributed by atoms with Crippen molar-refractivity contribution in [3.63, 3.8) is 0 Å². The molecule has 1 atom stereocenters. The minimum atomic E-state index is -0.453. The van der Waals surface area contributed by atoms with Gasteiger partial charge in [-0.3, -0.25) is 15.0 Å². The molecule has 0 spiro atoms. The Balaban J connectivity index is 2.10. The monoisotopic (exact) mass is 265 g/mol. The summed E-state index contributed by atoms with van der Waals surface area (Å²) in [5.74, 6) is 0.300. The second kappa shape index (κ2) is 5.99. The average Bonchev–Trinajstić information content (AvgIpc) is 2.41. The Hall–Kier alpha value is -1.66. The summed E-state index contributed by atoms with van der Waals surface area (Å²) < 4.78 is 0. The summed E-state index contributed by atoms with van der Waals surface area (Å²) in [7, 11) is 0. The molecule has 6 heteroatoms. The molecule has 1 heterocycles. The molecule has 0 saturated carbocycles. The van der Waals surface area contributed by atoms with Gasteiger partial charge in [-0.25, -0.2) is 0 Å². The molecule has 1 aromatic rings. The van der Waals surface area contributed by atoms with Crippen LogP contribution in [0.15, 0.2) is 18.2 Å². The Morgan fingerprint density at radius 1 is 1.53 bits per heavy atom. The highest BCUT2D eigenvalue weighted by molar-refractivity contribution is 5.62. The summed E-state index contributed by atoms with van der Waals surface area (Å²) in [6, 6.07) is 4.91. The zero-order valence-corrected chi connectivity index (χ0v) is 10.8. The Morgan fingerprint density at radius 3 is 3.00 bits per heavy atom. The molecule has 1 unspecified atom stereocenters. The van der Waals surface area contributed by atoms with Gasteiger partial charge in [-0.05, 0) is 30.9 Å². The molecular weight excluding hydrogens is 246 g/mol. The summed E-state index contributed by atoms with van der Waals surface area (Å²) in [4.78, 5) is 12.6. The number of nitrogens with two attached hydrogens (primary N) is 1. The average molecular weight is 265 g/mol. The quantitative estimate of drug-likeness (QED) is 0.487. The molecule has 0 amide bonds. The Labute approximate surface area is 112 Å². The molecule has 19 heavy (non-hydrogen) atoms. The molecule has 3 N–H and O–H groups in total. The molecule has 1 aliphatic rings. The van der Waals surface area contributed by atoms with Crippen LogP contribution >= 0.6 is 0 Å². The number of nitro groups is 1. The van der Waals surface area contributed by atoms with E-state index in [9.17, 15) is 15.2 Å². The summed E-state index contributed by atoms with van der Waals surface area (Å²) in [6.45, 7) is 2.56. The highest BCUT2D eigenvalue weighted by Crippen LogP contribution is 2.27. The Morgan fingerprint density at radius 2 is 2.32 bits per heavy atom. The fraction of sp³-hybridized carbons (Fsp3) is 0.538. The molecule has 0 aliphatic carbocycles. The standard InChI is InChI=1S/C13H19N3O3/c14-13-11(4-1-5-12(13)16(18)19)8-15-6-2-3-10(7-15)9-17/h1,4-5,10,17H,2-3,6-9,14H2. The lowest BCUT2D eigenvalue weighted by Crippen LogP contribution is -2.36. The maximum Gasteiger partial charge on any atom is 0.292 e. The zero-order chi connectivity index (χ0) is 13.8. The molecule has 0 bridgehead atoms. The van der Waals surface area contributed by atoms with Crippen molar-refractivity contribution in [3.8, 4) is 0 Å². The van der Waals surface area contributed by atoms with E-state index in [-0.39, 0.29) is 18.0 Å². The first-order valence-electron chi connectivity index (χ1n) is 6.46. The largest absolute Gasteiger partial charge is 0.396 e. The Bertz CT molecular complexity index is 464. The molecular formula is C13H19N3O3. The minimum absolute atomic E-state index is 0.0341. The van der Waals surface area contributed by atoms with E-state index in [1.165, 1.54) is 6.07 Å². The first-order valence-corrected chi connectivity index (χ1v) is 6.46. The van der Waals surface area contributed by atoms with Crippen LogP contribution in [0.4, 0.5) is 11.4 Å². The summed E-state index contributed by atoms with van der Waals surface area (Å²) in [5, 5.41) is 20.0. The van der Waals surface area contributed by atoms with E-state index >= 15 is 0 Å². The molecule has 1 saturated heterocycles. The van der Waals surface area contributed by atoms with Crippen molar-refractivity contribution in [2.24, 2.45) is 5.92 Å². The van der Waals surface area contributed by atoms with E-state index in [4.69, 9.17) is 5.73 Å². The summed E-state index contributed by atoms with van der Waals surface area (Å²) in [6.07, 6.45) is 2.08. The maximum atomic E-state index is 10.8. The Kier molecular flexibility index (Phi) is 4.34. The number of piperidine rings is 1. The van der Waals surface area contributed by atoms with Crippen molar-refractivity contribution in [3.05, 3.63) is 33.9 Å². The summed E-state index contributed by atoms with van der Waals surface area (Å²) in [5.41, 5.74) is 6.85. The van der Waals surface area contributed by atoms with E-state index in [0.29, 0.717) is 12.5 Å². The van der Waals surface area contributed by atoms with Gasteiger partial charge < -0.3 is 10.8 Å². The molecule has 1 aliphatic heterocycles. The number of aliphatic hydroxyl groups excluding tert-OH is 1. The lowest BCUT2D eigenvalue weighted by Gasteiger charge is -2.31. The SMILES string of the molecule is Nc1c(CN2CCCC(CO)C2)cccc1[N+](=O)[O-]. The van der Waals surface area contributed by atoms with Gasteiger partial charge in [0.05, 0.1) is 4.92 Å². The predicted molar refractivity (Wildman–Crippen MR) is 72.6 cm³/mol. The molecule has 6 nitrogen and oxygen atoms in total. The van der Waals surface area contributed by atoms with Gasteiger partial charge in [0.15, 0.2) is 0 Å². The van der Waals surface area contributed by atoms with Crippen molar-refractivity contribution in [2.45, 2.75) is 19.4 Å². The second-order valence-electron chi connectivity index (χ2n) is 5.03. The van der Waals surface area contributed by atoms with E-state index in [1.54, 1.807) is 6.07 Å². The van der Waals surface area contributed by atoms with Gasteiger partial charge in [0.2, 0.25) is 0 Å². The van der Waals surface area contributed by atoms with Crippen LogP contribution in [0.25, 0.3) is 0 Å². The van der Waals surface area contributed by atoms with Gasteiger partial charge >= 0.3 is 0 Å². The molecule has 1 fully saturated rings. The lowest BCUT2D eigenvalue weighted by molar-refractivity contribution is -0.384. The molecule has 2 rings (SSSR count). The zero-order valence-electron chi connectivity index (χ0n) is 10.8. The highest BCUT2D eigenvalue weighted by atomic mass is 16.6. The fourth-order valence-corrected chi connectivity index (χ4v) is 2.58. The number of likely N-dealkylation sites (tertiary alicyclic amines) is 1. The van der Waals surface area contributed by atoms with Crippen molar-refractivity contribution < 1.29 is 10.0 Å². The second-order valence-corrected chi connectivity index (χ2v) is 5.03. The van der Waals surface area contributed by atoms with Crippen LogP contribution in [0, 0.1) is 16.0 Å². The van der Waals surface area contributed by atoms with Crippen LogP contribution in [0.1, 0.15) is 18.4 Å². The van der Waals surface area contributed by atoms with E-state index in [0.717, 1.165) is 31.5 Å². The summed E-state index contributed by atoms with van der Waals surface area (Å²) >= 11 is 0. The van der Waals surface area contributed by atoms with Crippen LogP contribution in [-0.2, 0) is 6.54 Å². The van der Waals surface area contributed by atoms with E-state index in [1.807, 2.05) is 6.07 Å². The minimum Gasteiger partial charge on any atom is -0.396 e. The number of aliphatic hydroxyl groups is 1. The van der Waals surface area contributed by atoms with Crippen LogP contribution in [0.5, 0.6) is 0 Å². The van der Waals surface area contributed by atoms with E-state index in [2.05, 4.69) is 4.90 Å². The van der Waals surface area contributed by atoms with Crippen LogP contribution in [-0.4, -0.2) is 34.6 Å². The van der Waals surface area contributed by atoms with E-state index < -0.39 is 4.92 Å². The van der Waals surface area contributed by atoms with Crippen molar-refractivity contribution >= 4 is 11.4 Å². The number of hydrogen-bond donors (Lipinski definition) is 2. The van der Waals surface area contributed by atoms with Gasteiger partial charge in [0.25, 0.3) is 5.69 Å². The maximum absolute atomic E-state index is 10.8.